The molecule has 0 saturated carbocycles. The first kappa shape index (κ1) is 36.1. The van der Waals surface area contributed by atoms with Crippen LogP contribution in [0.5, 0.6) is 0 Å². The molecule has 0 aliphatic carbocycles. The van der Waals surface area contributed by atoms with E-state index in [2.05, 4.69) is 5.73 Å². The molecule has 0 aliphatic rings. The van der Waals surface area contributed by atoms with E-state index in [0.717, 1.165) is 0 Å². The fourth-order valence-electron chi connectivity index (χ4n) is 0.0983. The van der Waals surface area contributed by atoms with Gasteiger partial charge in [0.2, 0.25) is 5.96 Å². The van der Waals surface area contributed by atoms with Crippen LogP contribution in [0, 0.1) is 15.5 Å². The second-order valence-corrected chi connectivity index (χ2v) is 6.16. The van der Waals surface area contributed by atoms with E-state index < -0.39 is 52.6 Å². The first-order valence-electron chi connectivity index (χ1n) is 4.17. The summed E-state index contributed by atoms with van der Waals surface area (Å²) in [6.07, 6.45) is 0. The molecule has 22 nitrogen and oxygen atoms in total. The predicted octanol–water partition coefficient (Wildman–Crippen LogP) is -3.95. The van der Waals surface area contributed by atoms with Crippen molar-refractivity contribution in [2.75, 3.05) is 0 Å². The van der Waals surface area contributed by atoms with E-state index in [4.69, 9.17) is 75.5 Å². The van der Waals surface area contributed by atoms with Crippen LogP contribution in [0.2, 0.25) is 0 Å². The molecule has 26 heteroatoms. The van der Waals surface area contributed by atoms with Crippen molar-refractivity contribution in [1.82, 2.24) is 5.43 Å². The molecule has 0 bridgehead atoms. The molecule has 0 rings (SSSR count). The first-order chi connectivity index (χ1) is 11.1. The Morgan fingerprint density at radius 3 is 0.815 bits per heavy atom. The van der Waals surface area contributed by atoms with Gasteiger partial charge in [-0.05, 0) is 0 Å². The molecule has 168 valence electrons. The Kier molecular flexibility index (Phi) is 20.4. The van der Waals surface area contributed by atoms with Gasteiger partial charge in [-0.2, -0.15) is 33.7 Å². The summed E-state index contributed by atoms with van der Waals surface area (Å²) in [6, 6.07) is 0. The minimum atomic E-state index is -4.67. The van der Waals surface area contributed by atoms with E-state index >= 15 is 0 Å². The van der Waals surface area contributed by atoms with Gasteiger partial charge in [0.25, 0.3) is 0 Å². The van der Waals surface area contributed by atoms with Crippen molar-refractivity contribution >= 4 is 47.6 Å². The number of nitrogens with one attached hydrogen (secondary N) is 2. The average molecular weight is 496 g/mol. The molecule has 0 aromatic carbocycles. The maximum atomic E-state index is 9.28. The molecule has 0 atom stereocenters. The molecule has 0 amide bonds. The van der Waals surface area contributed by atoms with Crippen molar-refractivity contribution in [2.24, 2.45) is 5.73 Å². The molecule has 0 radical (unpaired) electrons. The van der Waals surface area contributed by atoms with Gasteiger partial charge in [0.05, 0.1) is 0 Å². The number of nitrogens with two attached hydrogens (primary N) is 1. The third-order valence-corrected chi connectivity index (χ3v) is 0.212. The average Bonchev–Trinajstić information content (AvgIpc) is 2.00. The highest BCUT2D eigenvalue weighted by Crippen LogP contribution is 1.60. The standard InChI is InChI=1S/CH4N4O2.4H2O4S/c2-1(3)4-5(6)7;4*1-5(2,3)4/h(H4,2,3,4);4*(H2,1,2,3,4). The molecule has 0 saturated heterocycles. The minimum Gasteiger partial charge on any atom is -0.366 e. The van der Waals surface area contributed by atoms with E-state index in [9.17, 15) is 10.1 Å². The monoisotopic (exact) mass is 496 g/mol. The van der Waals surface area contributed by atoms with Crippen molar-refractivity contribution in [2.45, 2.75) is 0 Å². The number of hydrogen-bond acceptors (Lipinski definition) is 11. The number of hydrazine groups is 1. The topological polar surface area (TPSA) is 403 Å². The van der Waals surface area contributed by atoms with Crippen LogP contribution in [0.3, 0.4) is 0 Å². The third-order valence-electron chi connectivity index (χ3n) is 0.212. The molecule has 0 heterocycles. The molecule has 0 aromatic rings. The van der Waals surface area contributed by atoms with Gasteiger partial charge in [0, 0.05) is 0 Å². The van der Waals surface area contributed by atoms with Crippen LogP contribution < -0.4 is 11.2 Å². The van der Waals surface area contributed by atoms with Gasteiger partial charge in [-0.25, -0.2) is 10.1 Å². The Morgan fingerprint density at radius 2 is 0.815 bits per heavy atom. The summed E-state index contributed by atoms with van der Waals surface area (Å²) in [5.41, 5.74) is 5.91. The Labute approximate surface area is 149 Å². The zero-order valence-corrected chi connectivity index (χ0v) is 15.1. The Bertz CT molecular complexity index is 665. The quantitative estimate of drug-likeness (QED) is 0.0541. The molecule has 0 fully saturated rings. The summed E-state index contributed by atoms with van der Waals surface area (Å²) in [7, 11) is -18.7. The smallest absolute Gasteiger partial charge is 0.366 e. The van der Waals surface area contributed by atoms with Gasteiger partial charge < -0.3 is 5.73 Å². The van der Waals surface area contributed by atoms with Gasteiger partial charge in [0.1, 0.15) is 0 Å². The fourth-order valence-corrected chi connectivity index (χ4v) is 0.0983. The van der Waals surface area contributed by atoms with Gasteiger partial charge >= 0.3 is 41.6 Å². The minimum absolute atomic E-state index is 0.662. The first-order valence-corrected chi connectivity index (χ1v) is 9.76. The SMILES string of the molecule is N=C(N)N[N+](=O)[O-].O=S(=O)(O)O.O=S(=O)(O)O.O=S(=O)(O)O.O=S(=O)(O)O. The van der Waals surface area contributed by atoms with Crippen molar-refractivity contribution < 1.29 is 75.1 Å². The Hall–Kier alpha value is -1.85. The maximum Gasteiger partial charge on any atom is 0.394 e. The summed E-state index contributed by atoms with van der Waals surface area (Å²) >= 11 is 0. The molecule has 12 N–H and O–H groups in total. The number of guanidine groups is 1. The summed E-state index contributed by atoms with van der Waals surface area (Å²) in [4.78, 5) is 9.28. The molecular formula is CH12N4O18S4. The van der Waals surface area contributed by atoms with Gasteiger partial charge in [0.15, 0.2) is 5.03 Å². The lowest BCUT2D eigenvalue weighted by molar-refractivity contribution is -0.525. The van der Waals surface area contributed by atoms with E-state index in [1.807, 2.05) is 0 Å². The molecule has 0 unspecified atom stereocenters. The van der Waals surface area contributed by atoms with Crippen LogP contribution in [-0.2, 0) is 41.6 Å². The van der Waals surface area contributed by atoms with Crippen molar-refractivity contribution in [3.63, 3.8) is 0 Å². The summed E-state index contributed by atoms with van der Waals surface area (Å²) in [6.45, 7) is 0. The van der Waals surface area contributed by atoms with E-state index in [0.29, 0.717) is 0 Å². The van der Waals surface area contributed by atoms with Crippen LogP contribution in [0.15, 0.2) is 0 Å². The summed E-state index contributed by atoms with van der Waals surface area (Å²) in [5, 5.41) is 14.6. The van der Waals surface area contributed by atoms with Gasteiger partial charge in [-0.3, -0.25) is 41.8 Å². The van der Waals surface area contributed by atoms with Gasteiger partial charge in [-0.15, -0.1) is 0 Å². The van der Waals surface area contributed by atoms with Crippen LogP contribution in [0.1, 0.15) is 0 Å². The van der Waals surface area contributed by atoms with Crippen molar-refractivity contribution in [1.29, 1.82) is 5.41 Å². The van der Waals surface area contributed by atoms with E-state index in [1.165, 1.54) is 5.43 Å². The molecule has 0 spiro atoms. The zero-order valence-electron chi connectivity index (χ0n) is 11.8. The lowest BCUT2D eigenvalue weighted by Crippen LogP contribution is -2.34. The number of rotatable bonds is 1. The third kappa shape index (κ3) is 2560. The highest BCUT2D eigenvalue weighted by Gasteiger charge is 1.91. The van der Waals surface area contributed by atoms with Crippen molar-refractivity contribution in [3.05, 3.63) is 10.1 Å². The lowest BCUT2D eigenvalue weighted by Gasteiger charge is -1.86. The largest absolute Gasteiger partial charge is 0.394 e. The highest BCUT2D eigenvalue weighted by atomic mass is 32.3. The Balaban J connectivity index is -0.0000000753. The van der Waals surface area contributed by atoms with Gasteiger partial charge in [-0.1, -0.05) is 5.43 Å². The van der Waals surface area contributed by atoms with Crippen molar-refractivity contribution in [3.8, 4) is 0 Å². The molecule has 27 heavy (non-hydrogen) atoms. The fraction of sp³-hybridized carbons (Fsp3) is 0. The summed E-state index contributed by atoms with van der Waals surface area (Å²) in [5.74, 6) is -0.662. The van der Waals surface area contributed by atoms with E-state index in [1.54, 1.807) is 0 Å². The maximum absolute atomic E-state index is 9.28. The van der Waals surface area contributed by atoms with Crippen LogP contribution >= 0.6 is 0 Å². The normalized spacial score (nSPS) is 10.5. The second kappa shape index (κ2) is 15.2. The molecular weight excluding hydrogens is 484 g/mol. The zero-order chi connectivity index (χ0) is 23.9. The molecule has 0 aromatic heterocycles. The van der Waals surface area contributed by atoms with Crippen LogP contribution in [0.4, 0.5) is 0 Å². The van der Waals surface area contributed by atoms with E-state index in [-0.39, 0.29) is 0 Å². The van der Waals surface area contributed by atoms with Crippen LogP contribution in [0.25, 0.3) is 0 Å². The lowest BCUT2D eigenvalue weighted by atomic mass is 11.1. The number of nitrogens with zero attached hydrogens (tertiary/aromatic N) is 1. The highest BCUT2D eigenvalue weighted by molar-refractivity contribution is 7.80. The number of hydrogen-bond donors (Lipinski definition) is 11. The predicted molar refractivity (Wildman–Crippen MR) is 78.8 cm³/mol. The number of nitro groups is 1. The molecule has 0 aliphatic heterocycles. The van der Waals surface area contributed by atoms with Crippen LogP contribution in [-0.4, -0.2) is 81.1 Å². The Morgan fingerprint density at radius 1 is 0.704 bits per heavy atom. The summed E-state index contributed by atoms with van der Waals surface area (Å²) < 4.78 is 126. The second-order valence-electron chi connectivity index (χ2n) is 2.57.